The van der Waals surface area contributed by atoms with Crippen molar-refractivity contribution in [2.24, 2.45) is 0 Å². The minimum atomic E-state index is 0.325. The molecular weight excluding hydrogens is 246 g/mol. The molecule has 0 spiro atoms. The summed E-state index contributed by atoms with van der Waals surface area (Å²) in [6, 6.07) is 9.47. The maximum absolute atomic E-state index is 6.06. The summed E-state index contributed by atoms with van der Waals surface area (Å²) in [6.45, 7) is 7.57. The van der Waals surface area contributed by atoms with Crippen LogP contribution in [0, 0.1) is 0 Å². The summed E-state index contributed by atoms with van der Waals surface area (Å²) in [7, 11) is 0. The normalized spacial score (nSPS) is 23.9. The Bertz CT molecular complexity index is 387. The van der Waals surface area contributed by atoms with E-state index in [-0.39, 0.29) is 0 Å². The predicted molar refractivity (Wildman–Crippen MR) is 85.0 cm³/mol. The van der Waals surface area contributed by atoms with E-state index in [1.165, 1.54) is 36.8 Å². The smallest absolute Gasteiger partial charge is 0.0774 e. The van der Waals surface area contributed by atoms with E-state index in [1.54, 1.807) is 0 Å². The van der Waals surface area contributed by atoms with E-state index in [4.69, 9.17) is 4.74 Å². The van der Waals surface area contributed by atoms with Gasteiger partial charge in [-0.3, -0.25) is 0 Å². The lowest BCUT2D eigenvalue weighted by Crippen LogP contribution is -2.32. The van der Waals surface area contributed by atoms with Crippen LogP contribution in [-0.2, 0) is 11.2 Å². The average molecular weight is 275 g/mol. The first-order chi connectivity index (χ1) is 9.74. The van der Waals surface area contributed by atoms with Crippen LogP contribution in [0.4, 0.5) is 0 Å². The molecule has 0 saturated carbocycles. The number of rotatable bonds is 7. The second-order valence-electron chi connectivity index (χ2n) is 5.94. The van der Waals surface area contributed by atoms with E-state index >= 15 is 0 Å². The van der Waals surface area contributed by atoms with E-state index in [0.29, 0.717) is 18.2 Å². The zero-order chi connectivity index (χ0) is 14.4. The van der Waals surface area contributed by atoms with Crippen molar-refractivity contribution >= 4 is 0 Å². The lowest BCUT2D eigenvalue weighted by molar-refractivity contribution is 0.0319. The minimum Gasteiger partial charge on any atom is -0.373 e. The molecule has 1 N–H and O–H groups in total. The number of hydrogen-bond donors (Lipinski definition) is 1. The fourth-order valence-electron chi connectivity index (χ4n) is 3.04. The number of unbranched alkanes of at least 4 members (excludes halogenated alkanes) is 1. The summed E-state index contributed by atoms with van der Waals surface area (Å²) >= 11 is 0. The van der Waals surface area contributed by atoms with Crippen LogP contribution in [0.15, 0.2) is 24.3 Å². The molecule has 0 aromatic heterocycles. The molecule has 20 heavy (non-hydrogen) atoms. The molecule has 0 aliphatic carbocycles. The molecule has 3 unspecified atom stereocenters. The van der Waals surface area contributed by atoms with Gasteiger partial charge < -0.3 is 10.1 Å². The third kappa shape index (κ3) is 4.07. The van der Waals surface area contributed by atoms with Crippen LogP contribution < -0.4 is 5.32 Å². The van der Waals surface area contributed by atoms with Crippen LogP contribution in [0.5, 0.6) is 0 Å². The third-order valence-corrected chi connectivity index (χ3v) is 4.22. The summed E-state index contributed by atoms with van der Waals surface area (Å²) in [4.78, 5) is 0. The average Bonchev–Trinajstić information content (AvgIpc) is 2.89. The van der Waals surface area contributed by atoms with Gasteiger partial charge in [0.1, 0.15) is 0 Å². The first kappa shape index (κ1) is 15.5. The highest BCUT2D eigenvalue weighted by molar-refractivity contribution is 5.26. The number of likely N-dealkylation sites (N-methyl/N-ethyl adjacent to an activating group) is 1. The molecule has 3 atom stereocenters. The summed E-state index contributed by atoms with van der Waals surface area (Å²) < 4.78 is 6.06. The standard InChI is InChI=1S/C18H29NO/c1-4-6-7-15-9-11-16(12-10-15)18(19-5-2)17-13-8-14(3)20-17/h9-12,14,17-19H,4-8,13H2,1-3H3. The molecule has 1 fully saturated rings. The van der Waals surface area contributed by atoms with E-state index in [1.807, 2.05) is 0 Å². The maximum Gasteiger partial charge on any atom is 0.0774 e. The van der Waals surface area contributed by atoms with Crippen LogP contribution in [0.3, 0.4) is 0 Å². The van der Waals surface area contributed by atoms with Crippen molar-refractivity contribution in [1.29, 1.82) is 0 Å². The van der Waals surface area contributed by atoms with Gasteiger partial charge in [0, 0.05) is 0 Å². The molecule has 0 amide bonds. The first-order valence-corrected chi connectivity index (χ1v) is 8.22. The Kier molecular flexibility index (Phi) is 6.06. The number of hydrogen-bond acceptors (Lipinski definition) is 2. The molecular formula is C18H29NO. The summed E-state index contributed by atoms with van der Waals surface area (Å²) in [5, 5.41) is 3.60. The highest BCUT2D eigenvalue weighted by Gasteiger charge is 2.29. The van der Waals surface area contributed by atoms with Crippen molar-refractivity contribution < 1.29 is 4.74 Å². The van der Waals surface area contributed by atoms with Gasteiger partial charge in [0.25, 0.3) is 0 Å². The second-order valence-corrected chi connectivity index (χ2v) is 5.94. The quantitative estimate of drug-likeness (QED) is 0.803. The highest BCUT2D eigenvalue weighted by atomic mass is 16.5. The highest BCUT2D eigenvalue weighted by Crippen LogP contribution is 2.30. The lowest BCUT2D eigenvalue weighted by Gasteiger charge is -2.25. The van der Waals surface area contributed by atoms with Crippen LogP contribution in [0.25, 0.3) is 0 Å². The van der Waals surface area contributed by atoms with Crippen LogP contribution >= 0.6 is 0 Å². The number of ether oxygens (including phenoxy) is 1. The van der Waals surface area contributed by atoms with Crippen molar-refractivity contribution in [2.45, 2.75) is 71.1 Å². The third-order valence-electron chi connectivity index (χ3n) is 4.22. The molecule has 1 heterocycles. The van der Waals surface area contributed by atoms with Gasteiger partial charge in [-0.25, -0.2) is 0 Å². The zero-order valence-electron chi connectivity index (χ0n) is 13.2. The fraction of sp³-hybridized carbons (Fsp3) is 0.667. The SMILES string of the molecule is CCCCc1ccc(C(NCC)C2CCC(C)O2)cc1. The van der Waals surface area contributed by atoms with Gasteiger partial charge >= 0.3 is 0 Å². The van der Waals surface area contributed by atoms with Gasteiger partial charge in [-0.2, -0.15) is 0 Å². The van der Waals surface area contributed by atoms with Crippen LogP contribution in [0.2, 0.25) is 0 Å². The predicted octanol–water partition coefficient (Wildman–Crippen LogP) is 4.25. The van der Waals surface area contributed by atoms with Gasteiger partial charge in [-0.15, -0.1) is 0 Å². The maximum atomic E-state index is 6.06. The van der Waals surface area contributed by atoms with Gasteiger partial charge in [0.05, 0.1) is 18.2 Å². The van der Waals surface area contributed by atoms with Gasteiger partial charge in [-0.1, -0.05) is 44.5 Å². The van der Waals surface area contributed by atoms with Crippen molar-refractivity contribution in [3.8, 4) is 0 Å². The number of benzene rings is 1. The molecule has 2 nitrogen and oxygen atoms in total. The van der Waals surface area contributed by atoms with Crippen LogP contribution in [-0.4, -0.2) is 18.8 Å². The Morgan fingerprint density at radius 2 is 1.95 bits per heavy atom. The van der Waals surface area contributed by atoms with Crippen molar-refractivity contribution in [3.05, 3.63) is 35.4 Å². The first-order valence-electron chi connectivity index (χ1n) is 8.22. The number of nitrogens with one attached hydrogen (secondary N) is 1. The van der Waals surface area contributed by atoms with Gasteiger partial charge in [0.2, 0.25) is 0 Å². The number of aryl methyl sites for hydroxylation is 1. The Morgan fingerprint density at radius 1 is 1.20 bits per heavy atom. The van der Waals surface area contributed by atoms with E-state index in [2.05, 4.69) is 50.4 Å². The molecule has 2 heteroatoms. The molecule has 2 rings (SSSR count). The van der Waals surface area contributed by atoms with Crippen LogP contribution in [0.1, 0.15) is 63.6 Å². The van der Waals surface area contributed by atoms with Gasteiger partial charge in [-0.05, 0) is 50.3 Å². The molecule has 1 aromatic rings. The fourth-order valence-corrected chi connectivity index (χ4v) is 3.04. The summed E-state index contributed by atoms with van der Waals surface area (Å²) in [5.74, 6) is 0. The summed E-state index contributed by atoms with van der Waals surface area (Å²) in [6.07, 6.45) is 6.81. The Labute approximate surface area is 123 Å². The topological polar surface area (TPSA) is 21.3 Å². The summed E-state index contributed by atoms with van der Waals surface area (Å²) in [5.41, 5.74) is 2.82. The molecule has 1 saturated heterocycles. The molecule has 1 aliphatic rings. The molecule has 0 bridgehead atoms. The molecule has 112 valence electrons. The minimum absolute atomic E-state index is 0.325. The molecule has 0 radical (unpaired) electrons. The largest absolute Gasteiger partial charge is 0.373 e. The second kappa shape index (κ2) is 7.80. The molecule has 1 aromatic carbocycles. The zero-order valence-corrected chi connectivity index (χ0v) is 13.2. The Balaban J connectivity index is 2.04. The Morgan fingerprint density at radius 3 is 2.50 bits per heavy atom. The monoisotopic (exact) mass is 275 g/mol. The molecule has 1 aliphatic heterocycles. The van der Waals surface area contributed by atoms with Crippen molar-refractivity contribution in [1.82, 2.24) is 5.32 Å². The van der Waals surface area contributed by atoms with E-state index in [0.717, 1.165) is 13.0 Å². The van der Waals surface area contributed by atoms with Gasteiger partial charge in [0.15, 0.2) is 0 Å². The van der Waals surface area contributed by atoms with Crippen molar-refractivity contribution in [2.75, 3.05) is 6.54 Å². The Hall–Kier alpha value is -0.860. The van der Waals surface area contributed by atoms with E-state index in [9.17, 15) is 0 Å². The lowest BCUT2D eigenvalue weighted by atomic mass is 9.97. The van der Waals surface area contributed by atoms with E-state index < -0.39 is 0 Å². The van der Waals surface area contributed by atoms with Crippen molar-refractivity contribution in [3.63, 3.8) is 0 Å².